The van der Waals surface area contributed by atoms with E-state index in [1.807, 2.05) is 21.1 Å². The number of esters is 2. The number of carbonyl (C=O) groups excluding carboxylic acids is 3. The van der Waals surface area contributed by atoms with Crippen LogP contribution in [0, 0.1) is 0 Å². The van der Waals surface area contributed by atoms with Gasteiger partial charge in [0.2, 0.25) is 0 Å². The monoisotopic (exact) mass is 1380 g/mol. The summed E-state index contributed by atoms with van der Waals surface area (Å²) in [5.74, 6) is -2.26. The zero-order valence-electron chi connectivity index (χ0n) is 65.9. The molecule has 0 bridgehead atoms. The smallest absolute Gasteiger partial charge is 0.306 e. The quantitative estimate of drug-likeness (QED) is 0.0195. The molecule has 574 valence electrons. The summed E-state index contributed by atoms with van der Waals surface area (Å²) in [5, 5.41) is 11.9. The lowest BCUT2D eigenvalue weighted by Crippen LogP contribution is -2.44. The summed E-state index contributed by atoms with van der Waals surface area (Å²) in [7, 11) is 5.95. The number of ether oxygens (including phenoxy) is 4. The SMILES string of the molecule is CC/C=C\C/C=C\C/C=C\C/C=C\C/C=C\C/C=C\C/C=C\C/C=C\CCCCCCCCCCCCCCCCC(=O)OC(COC(=O)CCCCCCCCCCCCCCCCCCCCCCCCCCCCCCCCCCCCC)COC(OCC[N+](C)(C)C)C(=O)[O-]. The Labute approximate surface area is 613 Å². The van der Waals surface area contributed by atoms with Gasteiger partial charge in [-0.2, -0.15) is 0 Å². The molecule has 9 nitrogen and oxygen atoms in total. The fourth-order valence-corrected chi connectivity index (χ4v) is 12.4. The van der Waals surface area contributed by atoms with Gasteiger partial charge in [-0.15, -0.1) is 0 Å². The Morgan fingerprint density at radius 2 is 0.576 bits per heavy atom. The highest BCUT2D eigenvalue weighted by Gasteiger charge is 2.22. The summed E-state index contributed by atoms with van der Waals surface area (Å²) in [5.41, 5.74) is 0. The third-order valence-corrected chi connectivity index (χ3v) is 18.8. The minimum Gasteiger partial charge on any atom is -0.545 e. The third kappa shape index (κ3) is 81.4. The fraction of sp³-hybridized carbons (Fsp3) is 0.789. The van der Waals surface area contributed by atoms with Crippen molar-refractivity contribution in [3.05, 3.63) is 97.2 Å². The van der Waals surface area contributed by atoms with E-state index in [4.69, 9.17) is 18.9 Å². The van der Waals surface area contributed by atoms with Crippen molar-refractivity contribution in [3.63, 3.8) is 0 Å². The molecule has 0 aliphatic rings. The predicted molar refractivity (Wildman–Crippen MR) is 426 cm³/mol. The number of carboxylic acid groups (broad SMARTS) is 1. The largest absolute Gasteiger partial charge is 0.545 e. The maximum Gasteiger partial charge on any atom is 0.306 e. The number of carboxylic acids is 1. The Balaban J connectivity index is 3.99. The highest BCUT2D eigenvalue weighted by molar-refractivity contribution is 5.70. The van der Waals surface area contributed by atoms with Crippen LogP contribution in [0.2, 0.25) is 0 Å². The highest BCUT2D eigenvalue weighted by Crippen LogP contribution is 2.20. The van der Waals surface area contributed by atoms with Crippen molar-refractivity contribution in [2.24, 2.45) is 0 Å². The van der Waals surface area contributed by atoms with Gasteiger partial charge in [-0.25, -0.2) is 0 Å². The molecule has 0 aromatic rings. The van der Waals surface area contributed by atoms with Crippen molar-refractivity contribution in [2.75, 3.05) is 47.5 Å². The first-order valence-electron chi connectivity index (χ1n) is 42.4. The Morgan fingerprint density at radius 3 is 0.859 bits per heavy atom. The number of carbonyl (C=O) groups is 3. The van der Waals surface area contributed by atoms with Crippen molar-refractivity contribution in [3.8, 4) is 0 Å². The second-order valence-corrected chi connectivity index (χ2v) is 29.8. The Morgan fingerprint density at radius 1 is 0.313 bits per heavy atom. The molecule has 0 spiro atoms. The maximum absolute atomic E-state index is 13.0. The van der Waals surface area contributed by atoms with Crippen LogP contribution in [0.5, 0.6) is 0 Å². The number of likely N-dealkylation sites (N-methyl/N-ethyl adjacent to an activating group) is 1. The molecule has 0 saturated heterocycles. The molecule has 0 aromatic carbocycles. The second-order valence-electron chi connectivity index (χ2n) is 29.8. The first-order valence-corrected chi connectivity index (χ1v) is 42.4. The van der Waals surface area contributed by atoms with E-state index in [1.54, 1.807) is 0 Å². The summed E-state index contributed by atoms with van der Waals surface area (Å²) in [6.07, 6.45) is 108. The van der Waals surface area contributed by atoms with Crippen molar-refractivity contribution < 1.29 is 42.9 Å². The number of unbranched alkanes of at least 4 members (excludes halogenated alkanes) is 48. The van der Waals surface area contributed by atoms with E-state index in [0.29, 0.717) is 23.9 Å². The Kier molecular flexibility index (Phi) is 76.8. The second kappa shape index (κ2) is 79.9. The number of rotatable bonds is 79. The van der Waals surface area contributed by atoms with Gasteiger partial charge in [0.05, 0.1) is 40.3 Å². The van der Waals surface area contributed by atoms with E-state index in [1.165, 1.54) is 276 Å². The molecule has 0 aromatic heterocycles. The van der Waals surface area contributed by atoms with Crippen LogP contribution >= 0.6 is 0 Å². The summed E-state index contributed by atoms with van der Waals surface area (Å²) >= 11 is 0. The van der Waals surface area contributed by atoms with Crippen LogP contribution < -0.4 is 5.11 Å². The lowest BCUT2D eigenvalue weighted by molar-refractivity contribution is -0.870. The van der Waals surface area contributed by atoms with Crippen LogP contribution in [-0.4, -0.2) is 82.3 Å². The normalized spacial score (nSPS) is 13.1. The molecule has 2 unspecified atom stereocenters. The van der Waals surface area contributed by atoms with Crippen molar-refractivity contribution in [1.29, 1.82) is 0 Å². The standard InChI is InChI=1S/C90H161NO8/c1-6-8-10-12-14-16-18-20-22-24-26-28-30-32-34-36-38-40-42-43-44-45-47-49-51-53-55-57-59-61-63-65-67-69-71-73-75-77-79-81-88(93)99-86(85-98-90(89(94)95)96-83-82-91(3,4)5)84-97-87(92)80-78-76-74-72-70-68-66-64-62-60-58-56-54-52-50-48-46-41-39-37-35-33-31-29-27-25-23-21-19-17-15-13-11-9-7-2/h8,10,14,16,20,22,26,28,32,34,38,40,43-44,47,49,86,90H,6-7,9,11-13,15,17-19,21,23-25,27,29-31,33,35-37,39,41-42,45-46,48,50-85H2,1-5H3/b10-8-,16-14-,22-20-,28-26-,34-32-,40-38-,44-43-,49-47-. The molecule has 0 radical (unpaired) electrons. The minimum atomic E-state index is -1.62. The van der Waals surface area contributed by atoms with Crippen LogP contribution in [0.1, 0.15) is 399 Å². The van der Waals surface area contributed by atoms with Crippen LogP contribution in [0.4, 0.5) is 0 Å². The van der Waals surface area contributed by atoms with Crippen molar-refractivity contribution in [1.82, 2.24) is 0 Å². The van der Waals surface area contributed by atoms with E-state index < -0.39 is 24.3 Å². The lowest BCUT2D eigenvalue weighted by atomic mass is 10.0. The van der Waals surface area contributed by atoms with E-state index in [0.717, 1.165) is 89.9 Å². The van der Waals surface area contributed by atoms with E-state index in [2.05, 4.69) is 111 Å². The average molecular weight is 1390 g/mol. The average Bonchev–Trinajstić information content (AvgIpc) is 1.14. The molecular formula is C90H161NO8. The van der Waals surface area contributed by atoms with Gasteiger partial charge in [-0.05, 0) is 77.0 Å². The topological polar surface area (TPSA) is 111 Å². The molecule has 0 heterocycles. The van der Waals surface area contributed by atoms with Gasteiger partial charge < -0.3 is 33.3 Å². The zero-order valence-corrected chi connectivity index (χ0v) is 65.9. The molecule has 99 heavy (non-hydrogen) atoms. The molecule has 0 saturated carbocycles. The van der Waals surface area contributed by atoms with E-state index >= 15 is 0 Å². The van der Waals surface area contributed by atoms with Crippen LogP contribution in [0.15, 0.2) is 97.2 Å². The third-order valence-electron chi connectivity index (χ3n) is 18.8. The summed E-state index contributed by atoms with van der Waals surface area (Å²) in [4.78, 5) is 37.7. The molecule has 0 fully saturated rings. The number of hydrogen-bond acceptors (Lipinski definition) is 8. The van der Waals surface area contributed by atoms with Gasteiger partial charge in [-0.3, -0.25) is 9.59 Å². The van der Waals surface area contributed by atoms with Crippen molar-refractivity contribution in [2.45, 2.75) is 411 Å². The number of allylic oxidation sites excluding steroid dienone is 16. The summed E-state index contributed by atoms with van der Waals surface area (Å²) in [6, 6.07) is 0. The molecule has 0 rings (SSSR count). The number of hydrogen-bond donors (Lipinski definition) is 0. The molecule has 0 aliphatic heterocycles. The molecule has 0 amide bonds. The fourth-order valence-electron chi connectivity index (χ4n) is 12.4. The van der Waals surface area contributed by atoms with Gasteiger partial charge in [0.1, 0.15) is 13.2 Å². The maximum atomic E-state index is 13.0. The first kappa shape index (κ1) is 95.2. The van der Waals surface area contributed by atoms with Gasteiger partial charge in [0, 0.05) is 12.8 Å². The zero-order chi connectivity index (χ0) is 71.8. The molecule has 0 N–H and O–H groups in total. The van der Waals surface area contributed by atoms with Gasteiger partial charge in [0.15, 0.2) is 12.4 Å². The first-order chi connectivity index (χ1) is 48.6. The Bertz CT molecular complexity index is 1960. The van der Waals surface area contributed by atoms with Crippen LogP contribution in [-0.2, 0) is 33.3 Å². The molecule has 2 atom stereocenters. The summed E-state index contributed by atoms with van der Waals surface area (Å²) in [6.45, 7) is 4.69. The van der Waals surface area contributed by atoms with Gasteiger partial charge in [-0.1, -0.05) is 406 Å². The van der Waals surface area contributed by atoms with Crippen molar-refractivity contribution >= 4 is 17.9 Å². The van der Waals surface area contributed by atoms with Gasteiger partial charge in [0.25, 0.3) is 0 Å². The molecule has 0 aliphatic carbocycles. The van der Waals surface area contributed by atoms with E-state index in [-0.39, 0.29) is 32.2 Å². The number of nitrogens with zero attached hydrogens (tertiary/aromatic N) is 1. The number of quaternary nitrogens is 1. The van der Waals surface area contributed by atoms with Gasteiger partial charge >= 0.3 is 11.9 Å². The molecule has 9 heteroatoms. The lowest BCUT2D eigenvalue weighted by Gasteiger charge is -2.26. The minimum absolute atomic E-state index is 0.147. The number of aliphatic carboxylic acids is 1. The summed E-state index contributed by atoms with van der Waals surface area (Å²) < 4.78 is 22.9. The van der Waals surface area contributed by atoms with Crippen LogP contribution in [0.25, 0.3) is 0 Å². The Hall–Kier alpha value is -3.79. The van der Waals surface area contributed by atoms with E-state index in [9.17, 15) is 19.5 Å². The molecular weight excluding hydrogens is 1220 g/mol. The van der Waals surface area contributed by atoms with Crippen LogP contribution in [0.3, 0.4) is 0 Å². The highest BCUT2D eigenvalue weighted by atomic mass is 16.7. The predicted octanol–water partition coefficient (Wildman–Crippen LogP) is 26.2.